The van der Waals surface area contributed by atoms with Crippen molar-refractivity contribution in [2.45, 2.75) is 26.1 Å². The lowest BCUT2D eigenvalue weighted by Gasteiger charge is -2.36. The molecule has 0 atom stereocenters. The highest BCUT2D eigenvalue weighted by atomic mass is 35.5. The third kappa shape index (κ3) is 7.42. The van der Waals surface area contributed by atoms with Crippen LogP contribution in [0.15, 0.2) is 59.7 Å². The van der Waals surface area contributed by atoms with E-state index in [1.807, 2.05) is 30.3 Å². The number of para-hydroxylation sites is 2. The van der Waals surface area contributed by atoms with E-state index in [1.54, 1.807) is 41.5 Å². The van der Waals surface area contributed by atoms with E-state index in [2.05, 4.69) is 25.8 Å². The van der Waals surface area contributed by atoms with Gasteiger partial charge in [0.25, 0.3) is 11.2 Å². The van der Waals surface area contributed by atoms with Crippen LogP contribution in [-0.2, 0) is 26.1 Å². The normalized spacial score (nSPS) is 15.1. The maximum absolute atomic E-state index is 13.5. The second-order valence-electron chi connectivity index (χ2n) is 10.3. The molecule has 43 heavy (non-hydrogen) atoms. The van der Waals surface area contributed by atoms with Crippen molar-refractivity contribution < 1.29 is 9.66 Å². The summed E-state index contributed by atoms with van der Waals surface area (Å²) in [5.74, 6) is 0.899. The molecule has 1 fully saturated rings. The predicted molar refractivity (Wildman–Crippen MR) is 178 cm³/mol. The van der Waals surface area contributed by atoms with Crippen LogP contribution < -0.4 is 15.2 Å². The fourth-order valence-electron chi connectivity index (χ4n) is 5.70. The van der Waals surface area contributed by atoms with Gasteiger partial charge in [0.05, 0.1) is 29.4 Å². The highest BCUT2D eigenvalue weighted by molar-refractivity contribution is 7.18. The summed E-state index contributed by atoms with van der Waals surface area (Å²) < 4.78 is 7.30. The lowest BCUT2D eigenvalue weighted by molar-refractivity contribution is -0.384. The first-order chi connectivity index (χ1) is 19.5. The number of benzene rings is 2. The van der Waals surface area contributed by atoms with Crippen LogP contribution in [-0.4, -0.2) is 70.7 Å². The van der Waals surface area contributed by atoms with Crippen molar-refractivity contribution in [1.82, 2.24) is 19.4 Å². The van der Waals surface area contributed by atoms with E-state index < -0.39 is 0 Å². The number of ether oxygens (including phenoxy) is 1. The van der Waals surface area contributed by atoms with Crippen LogP contribution in [0.2, 0.25) is 0 Å². The molecule has 0 saturated carbocycles. The number of rotatable bonds is 8. The minimum atomic E-state index is -0.377. The van der Waals surface area contributed by atoms with E-state index in [1.165, 1.54) is 4.88 Å². The number of fused-ring (bicyclic) bond motifs is 3. The zero-order chi connectivity index (χ0) is 27.6. The van der Waals surface area contributed by atoms with E-state index in [9.17, 15) is 14.9 Å². The second-order valence-corrected chi connectivity index (χ2v) is 11.4. The maximum atomic E-state index is 13.5. The Morgan fingerprint density at radius 2 is 1.67 bits per heavy atom. The Morgan fingerprint density at radius 1 is 0.953 bits per heavy atom. The summed E-state index contributed by atoms with van der Waals surface area (Å²) in [7, 11) is 1.71. The summed E-state index contributed by atoms with van der Waals surface area (Å²) >= 11 is 1.61. The molecule has 2 aromatic heterocycles. The van der Waals surface area contributed by atoms with Gasteiger partial charge in [-0.2, -0.15) is 0 Å². The monoisotopic (exact) mass is 668 g/mol. The maximum Gasteiger partial charge on any atom is 0.269 e. The molecule has 14 heteroatoms. The summed E-state index contributed by atoms with van der Waals surface area (Å²) in [5.41, 5.74) is 3.46. The molecule has 0 amide bonds. The van der Waals surface area contributed by atoms with Gasteiger partial charge in [0, 0.05) is 75.9 Å². The smallest absolute Gasteiger partial charge is 0.269 e. The molecule has 2 aromatic carbocycles. The van der Waals surface area contributed by atoms with Crippen molar-refractivity contribution in [1.29, 1.82) is 0 Å². The molecule has 232 valence electrons. The van der Waals surface area contributed by atoms with Crippen LogP contribution in [0, 0.1) is 10.1 Å². The first-order valence-electron chi connectivity index (χ1n) is 13.6. The molecule has 4 aromatic rings. The number of hydrogen-bond acceptors (Lipinski definition) is 9. The van der Waals surface area contributed by atoms with Gasteiger partial charge in [-0.3, -0.25) is 29.3 Å². The van der Waals surface area contributed by atoms with Crippen molar-refractivity contribution in [3.63, 3.8) is 0 Å². The lowest BCUT2D eigenvalue weighted by atomic mass is 10.0. The molecule has 2 aliphatic rings. The van der Waals surface area contributed by atoms with Crippen molar-refractivity contribution in [2.24, 2.45) is 0 Å². The highest BCUT2D eigenvalue weighted by Crippen LogP contribution is 2.33. The molecule has 0 radical (unpaired) electrons. The van der Waals surface area contributed by atoms with Crippen molar-refractivity contribution in [3.05, 3.63) is 91.3 Å². The second kappa shape index (κ2) is 15.2. The molecule has 10 nitrogen and oxygen atoms in total. The van der Waals surface area contributed by atoms with Gasteiger partial charge in [0.1, 0.15) is 10.6 Å². The van der Waals surface area contributed by atoms with Crippen LogP contribution in [0.4, 0.5) is 11.4 Å². The van der Waals surface area contributed by atoms with Crippen molar-refractivity contribution in [2.75, 3.05) is 51.3 Å². The molecule has 0 N–H and O–H groups in total. The van der Waals surface area contributed by atoms with Gasteiger partial charge < -0.3 is 9.64 Å². The third-order valence-corrected chi connectivity index (χ3v) is 9.04. The van der Waals surface area contributed by atoms with E-state index in [-0.39, 0.29) is 53.4 Å². The average Bonchev–Trinajstić information content (AvgIpc) is 3.36. The van der Waals surface area contributed by atoms with Crippen LogP contribution in [0.3, 0.4) is 0 Å². The van der Waals surface area contributed by atoms with Crippen LogP contribution in [0.25, 0.3) is 10.2 Å². The van der Waals surface area contributed by atoms with E-state index >= 15 is 0 Å². The number of halogens is 3. The Labute approximate surface area is 272 Å². The largest absolute Gasteiger partial charge is 0.495 e. The Bertz CT molecular complexity index is 1590. The van der Waals surface area contributed by atoms with E-state index in [4.69, 9.17) is 4.74 Å². The summed E-state index contributed by atoms with van der Waals surface area (Å²) in [4.78, 5) is 37.8. The number of aromatic nitrogens is 2. The fraction of sp³-hybridized carbons (Fsp3) is 0.379. The number of piperazine rings is 1. The van der Waals surface area contributed by atoms with Crippen LogP contribution in [0.5, 0.6) is 5.75 Å². The number of nitro groups is 1. The summed E-state index contributed by atoms with van der Waals surface area (Å²) in [5, 5.41) is 11.7. The van der Waals surface area contributed by atoms with Crippen molar-refractivity contribution >= 4 is 70.1 Å². The molecule has 0 unspecified atom stereocenters. The molecular weight excluding hydrogens is 635 g/mol. The van der Waals surface area contributed by atoms with Crippen LogP contribution >= 0.6 is 48.6 Å². The number of thiophene rings is 1. The summed E-state index contributed by atoms with van der Waals surface area (Å²) in [6, 6.07) is 14.9. The highest BCUT2D eigenvalue weighted by Gasteiger charge is 2.25. The molecule has 2 aliphatic heterocycles. The topological polar surface area (TPSA) is 97.0 Å². The molecule has 0 spiro atoms. The SMILES string of the molecule is COc1ccccc1N1CCN(CCn2cnc3sc4c(c3c2=O)CCN(Cc2ccc([N+](=O)[O-])cc2)C4)CC1.Cl.Cl.Cl. The first kappa shape index (κ1) is 34.6. The Morgan fingerprint density at radius 3 is 2.37 bits per heavy atom. The van der Waals surface area contributed by atoms with E-state index in [0.29, 0.717) is 13.1 Å². The van der Waals surface area contributed by atoms with Gasteiger partial charge in [-0.25, -0.2) is 4.98 Å². The number of anilines is 1. The average molecular weight is 670 g/mol. The molecule has 1 saturated heterocycles. The molecule has 0 aliphatic carbocycles. The van der Waals surface area contributed by atoms with Gasteiger partial charge in [-0.15, -0.1) is 48.6 Å². The Balaban J connectivity index is 0.00000169. The standard InChI is InChI=1S/C29H32N6O4S.3ClH/c1-39-25-5-3-2-4-24(25)33-15-12-31(13-16-33)14-17-34-20-30-28-27(29(34)36)23-10-11-32(19-26(23)40-28)18-21-6-8-22(9-7-21)35(37)38;;;/h2-9,20H,10-19H2,1H3;3*1H. The zero-order valence-electron chi connectivity index (χ0n) is 23.7. The molecule has 0 bridgehead atoms. The van der Waals surface area contributed by atoms with Gasteiger partial charge >= 0.3 is 0 Å². The quantitative estimate of drug-likeness (QED) is 0.191. The number of non-ortho nitro benzene ring substituents is 1. The van der Waals surface area contributed by atoms with Gasteiger partial charge in [-0.05, 0) is 29.7 Å². The first-order valence-corrected chi connectivity index (χ1v) is 14.4. The van der Waals surface area contributed by atoms with E-state index in [0.717, 1.165) is 85.0 Å². The minimum absolute atomic E-state index is 0. The summed E-state index contributed by atoms with van der Waals surface area (Å²) in [6.45, 7) is 7.43. The number of nitrogens with zero attached hydrogens (tertiary/aromatic N) is 6. The Hall–Kier alpha value is -2.93. The number of methoxy groups -OCH3 is 1. The predicted octanol–water partition coefficient (Wildman–Crippen LogP) is 5.02. The van der Waals surface area contributed by atoms with Crippen molar-refractivity contribution in [3.8, 4) is 5.75 Å². The van der Waals surface area contributed by atoms with Crippen LogP contribution in [0.1, 0.15) is 16.0 Å². The number of nitro benzene ring substituents is 1. The third-order valence-electron chi connectivity index (χ3n) is 7.92. The van der Waals surface area contributed by atoms with Gasteiger partial charge in [0.2, 0.25) is 0 Å². The summed E-state index contributed by atoms with van der Waals surface area (Å²) in [6.07, 6.45) is 2.50. The molecular formula is C29H35Cl3N6O4S. The Kier molecular flexibility index (Phi) is 12.2. The zero-order valence-corrected chi connectivity index (χ0v) is 27.0. The molecule has 6 rings (SSSR count). The minimum Gasteiger partial charge on any atom is -0.495 e. The number of hydrogen-bond donors (Lipinski definition) is 0. The lowest BCUT2D eigenvalue weighted by Crippen LogP contribution is -2.47. The fourth-order valence-corrected chi connectivity index (χ4v) is 6.92. The van der Waals surface area contributed by atoms with Gasteiger partial charge in [-0.1, -0.05) is 24.3 Å². The molecule has 4 heterocycles. The van der Waals surface area contributed by atoms with Gasteiger partial charge in [0.15, 0.2) is 0 Å².